The summed E-state index contributed by atoms with van der Waals surface area (Å²) < 4.78 is 5.28. The van der Waals surface area contributed by atoms with E-state index in [-0.39, 0.29) is 5.91 Å². The largest absolute Gasteiger partial charge is 0.495 e. The van der Waals surface area contributed by atoms with Crippen LogP contribution in [0.15, 0.2) is 42.5 Å². The summed E-state index contributed by atoms with van der Waals surface area (Å²) in [6, 6.07) is 11.2. The average Bonchev–Trinajstić information content (AvgIpc) is 2.67. The molecule has 0 bridgehead atoms. The molecule has 0 unspecified atom stereocenters. The molecule has 0 aromatic heterocycles. The van der Waals surface area contributed by atoms with Gasteiger partial charge >= 0.3 is 0 Å². The fraction of sp³-hybridized carbons (Fsp3) is 0.286. The van der Waals surface area contributed by atoms with Gasteiger partial charge in [0.1, 0.15) is 5.75 Å². The molecule has 1 amide bonds. The molecule has 1 fully saturated rings. The summed E-state index contributed by atoms with van der Waals surface area (Å²) in [5.74, 6) is 0.233. The Morgan fingerprint density at radius 3 is 2.43 bits per heavy atom. The van der Waals surface area contributed by atoms with Crippen LogP contribution >= 0.6 is 23.2 Å². The summed E-state index contributed by atoms with van der Waals surface area (Å²) in [4.78, 5) is 16.9. The van der Waals surface area contributed by atoms with E-state index in [0.717, 1.165) is 31.9 Å². The zero-order valence-electron chi connectivity index (χ0n) is 15.9. The molecule has 1 N–H and O–H groups in total. The number of rotatable bonds is 5. The molecule has 5 nitrogen and oxygen atoms in total. The zero-order valence-corrected chi connectivity index (χ0v) is 17.4. The first-order chi connectivity index (χ1) is 13.5. The number of hydrogen-bond donors (Lipinski definition) is 1. The van der Waals surface area contributed by atoms with Gasteiger partial charge in [-0.25, -0.2) is 0 Å². The van der Waals surface area contributed by atoms with Gasteiger partial charge in [0.15, 0.2) is 0 Å². The number of nitrogens with one attached hydrogen (secondary N) is 1. The third-order valence-electron chi connectivity index (χ3n) is 4.66. The van der Waals surface area contributed by atoms with Crippen molar-refractivity contribution in [2.24, 2.45) is 0 Å². The molecule has 1 saturated heterocycles. The molecule has 2 aromatic carbocycles. The summed E-state index contributed by atoms with van der Waals surface area (Å²) in [6.45, 7) is 4.13. The number of likely N-dealkylation sites (N-methyl/N-ethyl adjacent to an activating group) is 1. The van der Waals surface area contributed by atoms with Gasteiger partial charge in [0.25, 0.3) is 0 Å². The second-order valence-electron chi connectivity index (χ2n) is 6.67. The highest BCUT2D eigenvalue weighted by atomic mass is 35.5. The lowest BCUT2D eigenvalue weighted by Gasteiger charge is -2.34. The summed E-state index contributed by atoms with van der Waals surface area (Å²) in [5, 5.41) is 3.73. The molecular weight excluding hydrogens is 397 g/mol. The molecule has 1 heterocycles. The lowest BCUT2D eigenvalue weighted by Crippen LogP contribution is -2.44. The molecule has 1 aliphatic heterocycles. The molecule has 0 spiro atoms. The highest BCUT2D eigenvalue weighted by Crippen LogP contribution is 2.33. The molecule has 1 aliphatic rings. The van der Waals surface area contributed by atoms with Gasteiger partial charge in [-0.2, -0.15) is 0 Å². The molecule has 3 rings (SSSR count). The van der Waals surface area contributed by atoms with Crippen LogP contribution in [0, 0.1) is 0 Å². The number of halogens is 2. The monoisotopic (exact) mass is 419 g/mol. The molecule has 148 valence electrons. The summed E-state index contributed by atoms with van der Waals surface area (Å²) in [6.07, 6.45) is 3.06. The van der Waals surface area contributed by atoms with Gasteiger partial charge in [-0.05, 0) is 49.5 Å². The number of amides is 1. The maximum atomic E-state index is 12.3. The molecule has 0 atom stereocenters. The van der Waals surface area contributed by atoms with E-state index in [1.165, 1.54) is 18.9 Å². The Morgan fingerprint density at radius 1 is 1.11 bits per heavy atom. The smallest absolute Gasteiger partial charge is 0.248 e. The number of carbonyl (C=O) groups excluding carboxylic acids is 1. The van der Waals surface area contributed by atoms with Gasteiger partial charge in [-0.1, -0.05) is 23.2 Å². The molecule has 0 radical (unpaired) electrons. The Kier molecular flexibility index (Phi) is 6.83. The van der Waals surface area contributed by atoms with Crippen LogP contribution in [0.3, 0.4) is 0 Å². The molecule has 7 heteroatoms. The van der Waals surface area contributed by atoms with Crippen molar-refractivity contribution in [3.63, 3.8) is 0 Å². The third kappa shape index (κ3) is 5.19. The molecule has 0 aliphatic carbocycles. The highest BCUT2D eigenvalue weighted by Gasteiger charge is 2.14. The van der Waals surface area contributed by atoms with Crippen LogP contribution < -0.4 is 15.0 Å². The van der Waals surface area contributed by atoms with E-state index in [1.807, 2.05) is 24.3 Å². The van der Waals surface area contributed by atoms with Gasteiger partial charge in [-0.3, -0.25) is 4.79 Å². The Bertz CT molecular complexity index is 861. The van der Waals surface area contributed by atoms with E-state index in [1.54, 1.807) is 18.2 Å². The quantitative estimate of drug-likeness (QED) is 0.729. The van der Waals surface area contributed by atoms with Crippen LogP contribution in [0.2, 0.25) is 10.0 Å². The molecule has 2 aromatic rings. The third-order valence-corrected chi connectivity index (χ3v) is 5.16. The van der Waals surface area contributed by atoms with Crippen molar-refractivity contribution < 1.29 is 9.53 Å². The van der Waals surface area contributed by atoms with Crippen LogP contribution in [0.1, 0.15) is 5.56 Å². The minimum absolute atomic E-state index is 0.245. The SMILES string of the molecule is COc1c(Cl)cc(Cl)cc1/C=C/C(=O)Nc1ccc(N2CCN(C)CC2)cc1. The Balaban J connectivity index is 1.63. The molecule has 28 heavy (non-hydrogen) atoms. The standard InChI is InChI=1S/C21H23Cl2N3O2/c1-25-9-11-26(12-10-25)18-6-4-17(5-7-18)24-20(27)8-3-15-13-16(22)14-19(23)21(15)28-2/h3-8,13-14H,9-12H2,1-2H3,(H,24,27)/b8-3+. The van der Waals surface area contributed by atoms with E-state index >= 15 is 0 Å². The number of piperazine rings is 1. The first-order valence-corrected chi connectivity index (χ1v) is 9.77. The maximum Gasteiger partial charge on any atom is 0.248 e. The Hall–Kier alpha value is -2.21. The minimum Gasteiger partial charge on any atom is -0.495 e. The van der Waals surface area contributed by atoms with Crippen LogP contribution in [-0.4, -0.2) is 51.1 Å². The number of methoxy groups -OCH3 is 1. The van der Waals surface area contributed by atoms with E-state index in [0.29, 0.717) is 21.4 Å². The Morgan fingerprint density at radius 2 is 1.79 bits per heavy atom. The zero-order chi connectivity index (χ0) is 20.1. The second-order valence-corrected chi connectivity index (χ2v) is 7.51. The summed E-state index contributed by atoms with van der Waals surface area (Å²) in [7, 11) is 3.66. The lowest BCUT2D eigenvalue weighted by atomic mass is 10.2. The minimum atomic E-state index is -0.245. The van der Waals surface area contributed by atoms with E-state index in [4.69, 9.17) is 27.9 Å². The number of ether oxygens (including phenoxy) is 1. The summed E-state index contributed by atoms with van der Waals surface area (Å²) in [5.41, 5.74) is 2.55. The molecular formula is C21H23Cl2N3O2. The maximum absolute atomic E-state index is 12.3. The topological polar surface area (TPSA) is 44.8 Å². The van der Waals surface area contributed by atoms with Crippen molar-refractivity contribution >= 4 is 46.6 Å². The first kappa shape index (κ1) is 20.5. The highest BCUT2D eigenvalue weighted by molar-refractivity contribution is 6.36. The van der Waals surface area contributed by atoms with Gasteiger partial charge in [-0.15, -0.1) is 0 Å². The van der Waals surface area contributed by atoms with Gasteiger partial charge in [0.2, 0.25) is 5.91 Å². The van der Waals surface area contributed by atoms with Crippen LogP contribution in [-0.2, 0) is 4.79 Å². The normalized spacial score (nSPS) is 15.1. The number of nitrogens with zero attached hydrogens (tertiary/aromatic N) is 2. The van der Waals surface area contributed by atoms with Crippen molar-refractivity contribution in [1.82, 2.24) is 4.90 Å². The first-order valence-electron chi connectivity index (χ1n) is 9.02. The van der Waals surface area contributed by atoms with Crippen molar-refractivity contribution in [2.45, 2.75) is 0 Å². The van der Waals surface area contributed by atoms with Gasteiger partial charge < -0.3 is 19.9 Å². The lowest BCUT2D eigenvalue weighted by molar-refractivity contribution is -0.111. The predicted molar refractivity (Wildman–Crippen MR) is 117 cm³/mol. The molecule has 0 saturated carbocycles. The summed E-state index contributed by atoms with van der Waals surface area (Å²) >= 11 is 12.1. The number of benzene rings is 2. The number of anilines is 2. The Labute approximate surface area is 175 Å². The van der Waals surface area contributed by atoms with Crippen LogP contribution in [0.25, 0.3) is 6.08 Å². The van der Waals surface area contributed by atoms with E-state index in [2.05, 4.69) is 22.2 Å². The average molecular weight is 420 g/mol. The number of hydrogen-bond acceptors (Lipinski definition) is 4. The van der Waals surface area contributed by atoms with Crippen molar-refractivity contribution in [2.75, 3.05) is 50.6 Å². The fourth-order valence-corrected chi connectivity index (χ4v) is 3.68. The second kappa shape index (κ2) is 9.32. The van der Waals surface area contributed by atoms with E-state index in [9.17, 15) is 4.79 Å². The van der Waals surface area contributed by atoms with Crippen molar-refractivity contribution in [3.8, 4) is 5.75 Å². The fourth-order valence-electron chi connectivity index (χ4n) is 3.09. The predicted octanol–water partition coefficient (Wildman–Crippen LogP) is 4.41. The van der Waals surface area contributed by atoms with Crippen LogP contribution in [0.4, 0.5) is 11.4 Å². The van der Waals surface area contributed by atoms with Crippen LogP contribution in [0.5, 0.6) is 5.75 Å². The van der Waals surface area contributed by atoms with E-state index < -0.39 is 0 Å². The van der Waals surface area contributed by atoms with Gasteiger partial charge in [0.05, 0.1) is 12.1 Å². The number of carbonyl (C=O) groups is 1. The van der Waals surface area contributed by atoms with Crippen molar-refractivity contribution in [1.29, 1.82) is 0 Å². The van der Waals surface area contributed by atoms with Gasteiger partial charge in [0, 0.05) is 54.2 Å². The van der Waals surface area contributed by atoms with Crippen molar-refractivity contribution in [3.05, 3.63) is 58.1 Å².